The topological polar surface area (TPSA) is 62.2 Å². The van der Waals surface area contributed by atoms with Crippen molar-refractivity contribution in [3.05, 3.63) is 24.3 Å². The molecule has 0 aromatic carbocycles. The minimum absolute atomic E-state index is 0.124. The molecule has 0 aliphatic carbocycles. The second-order valence-electron chi connectivity index (χ2n) is 14.9. The van der Waals surface area contributed by atoms with Gasteiger partial charge in [-0.15, -0.1) is 0 Å². The molecule has 0 amide bonds. The van der Waals surface area contributed by atoms with Gasteiger partial charge in [0.15, 0.2) is 0 Å². The number of rotatable bonds is 40. The van der Waals surface area contributed by atoms with Crippen LogP contribution in [0.4, 0.5) is 0 Å². The van der Waals surface area contributed by atoms with Crippen molar-refractivity contribution in [3.8, 4) is 0 Å². The molecule has 0 rings (SSSR count). The van der Waals surface area contributed by atoms with Gasteiger partial charge in [0.05, 0.1) is 6.61 Å². The molecular formula is C44H86N2O4. The maximum absolute atomic E-state index is 12.3. The Labute approximate surface area is 312 Å². The van der Waals surface area contributed by atoms with Gasteiger partial charge < -0.3 is 19.5 Å². The van der Waals surface area contributed by atoms with E-state index in [4.69, 9.17) is 9.47 Å². The van der Waals surface area contributed by atoms with E-state index >= 15 is 0 Å². The number of carbonyl (C=O) groups excluding carboxylic acids is 1. The molecule has 0 spiro atoms. The molecule has 0 saturated carbocycles. The molecule has 0 heterocycles. The molecule has 50 heavy (non-hydrogen) atoms. The van der Waals surface area contributed by atoms with E-state index in [1.807, 2.05) is 23.9 Å². The van der Waals surface area contributed by atoms with Gasteiger partial charge in [0, 0.05) is 32.7 Å². The van der Waals surface area contributed by atoms with Crippen molar-refractivity contribution in [1.29, 1.82) is 0 Å². The van der Waals surface area contributed by atoms with E-state index in [9.17, 15) is 9.90 Å². The molecule has 296 valence electrons. The lowest BCUT2D eigenvalue weighted by molar-refractivity contribution is -0.145. The Hall–Kier alpha value is -1.21. The van der Waals surface area contributed by atoms with Gasteiger partial charge in [-0.05, 0) is 78.3 Å². The highest BCUT2D eigenvalue weighted by Gasteiger charge is 2.17. The highest BCUT2D eigenvalue weighted by molar-refractivity contribution is 5.69. The molecular weight excluding hydrogens is 620 g/mol. The Balaban J connectivity index is 3.80. The Morgan fingerprint density at radius 3 is 1.40 bits per heavy atom. The third kappa shape index (κ3) is 38.0. The molecule has 1 N–H and O–H groups in total. The monoisotopic (exact) mass is 707 g/mol. The summed E-state index contributed by atoms with van der Waals surface area (Å²) >= 11 is 0. The second kappa shape index (κ2) is 40.6. The number of carbonyl (C=O) groups is 1. The number of esters is 1. The molecule has 1 atom stereocenters. The van der Waals surface area contributed by atoms with Crippen LogP contribution in [0.15, 0.2) is 24.3 Å². The van der Waals surface area contributed by atoms with Gasteiger partial charge in [-0.1, -0.05) is 147 Å². The first-order valence-corrected chi connectivity index (χ1v) is 21.6. The predicted octanol–water partition coefficient (Wildman–Crippen LogP) is 11.8. The fraction of sp³-hybridized carbons (Fsp3) is 0.886. The van der Waals surface area contributed by atoms with Crippen LogP contribution in [0.2, 0.25) is 0 Å². The largest absolute Gasteiger partial charge is 0.464 e. The van der Waals surface area contributed by atoms with Gasteiger partial charge in [0.2, 0.25) is 0 Å². The highest BCUT2D eigenvalue weighted by Crippen LogP contribution is 2.12. The van der Waals surface area contributed by atoms with Crippen molar-refractivity contribution in [2.75, 3.05) is 53.6 Å². The quantitative estimate of drug-likeness (QED) is 0.0296. The van der Waals surface area contributed by atoms with Crippen LogP contribution in [0.1, 0.15) is 194 Å². The molecule has 1 unspecified atom stereocenters. The summed E-state index contributed by atoms with van der Waals surface area (Å²) in [7, 11) is 3.92. The Kier molecular flexibility index (Phi) is 39.6. The predicted molar refractivity (Wildman–Crippen MR) is 217 cm³/mol. The van der Waals surface area contributed by atoms with E-state index in [0.29, 0.717) is 39.3 Å². The van der Waals surface area contributed by atoms with Crippen LogP contribution in [0.5, 0.6) is 0 Å². The normalized spacial score (nSPS) is 12.7. The van der Waals surface area contributed by atoms with Gasteiger partial charge >= 0.3 is 5.97 Å². The Morgan fingerprint density at radius 1 is 0.540 bits per heavy atom. The number of allylic oxidation sites excluding steroid dienone is 4. The minimum atomic E-state index is -0.608. The van der Waals surface area contributed by atoms with Gasteiger partial charge in [-0.25, -0.2) is 0 Å². The lowest BCUT2D eigenvalue weighted by atomic mass is 10.1. The Bertz CT molecular complexity index is 742. The fourth-order valence-corrected chi connectivity index (χ4v) is 6.28. The molecule has 0 aromatic rings. The van der Waals surface area contributed by atoms with E-state index in [1.165, 1.54) is 154 Å². The summed E-state index contributed by atoms with van der Waals surface area (Å²) in [5, 5.41) is 10.7. The van der Waals surface area contributed by atoms with Crippen molar-refractivity contribution in [3.63, 3.8) is 0 Å². The van der Waals surface area contributed by atoms with Crippen LogP contribution >= 0.6 is 0 Å². The number of aliphatic hydroxyl groups is 1. The van der Waals surface area contributed by atoms with E-state index in [-0.39, 0.29) is 5.97 Å². The van der Waals surface area contributed by atoms with Gasteiger partial charge in [0.1, 0.15) is 12.8 Å². The average molecular weight is 707 g/mol. The van der Waals surface area contributed by atoms with E-state index in [0.717, 1.165) is 25.9 Å². The third-order valence-electron chi connectivity index (χ3n) is 9.56. The highest BCUT2D eigenvalue weighted by atomic mass is 16.5. The van der Waals surface area contributed by atoms with Crippen molar-refractivity contribution in [1.82, 2.24) is 9.80 Å². The number of ether oxygens (including phenoxy) is 2. The number of likely N-dealkylation sites (N-methyl/N-ethyl adjacent to an activating group) is 1. The van der Waals surface area contributed by atoms with Crippen molar-refractivity contribution in [2.45, 2.75) is 200 Å². The zero-order valence-corrected chi connectivity index (χ0v) is 34.0. The molecule has 6 nitrogen and oxygen atoms in total. The molecule has 6 heteroatoms. The third-order valence-corrected chi connectivity index (χ3v) is 9.56. The van der Waals surface area contributed by atoms with Gasteiger partial charge in [-0.2, -0.15) is 0 Å². The van der Waals surface area contributed by atoms with Crippen molar-refractivity contribution < 1.29 is 19.4 Å². The lowest BCUT2D eigenvalue weighted by Gasteiger charge is -2.29. The van der Waals surface area contributed by atoms with Crippen LogP contribution < -0.4 is 0 Å². The molecule has 0 aliphatic rings. The van der Waals surface area contributed by atoms with Crippen LogP contribution in [-0.2, 0) is 14.3 Å². The average Bonchev–Trinajstić information content (AvgIpc) is 3.09. The summed E-state index contributed by atoms with van der Waals surface area (Å²) in [6, 6.07) is 0. The van der Waals surface area contributed by atoms with Gasteiger partial charge in [-0.3, -0.25) is 9.69 Å². The number of aliphatic hydroxyl groups excluding tert-OH is 1. The first-order valence-electron chi connectivity index (χ1n) is 21.6. The van der Waals surface area contributed by atoms with Crippen LogP contribution in [0, 0.1) is 0 Å². The van der Waals surface area contributed by atoms with Crippen molar-refractivity contribution >= 4 is 5.97 Å². The van der Waals surface area contributed by atoms with E-state index in [2.05, 4.69) is 38.2 Å². The minimum Gasteiger partial charge on any atom is -0.464 e. The molecule has 0 aromatic heterocycles. The first kappa shape index (κ1) is 48.8. The maximum atomic E-state index is 12.3. The number of unbranched alkanes of at least 4 members (excludes halogenated alkanes) is 23. The lowest BCUT2D eigenvalue weighted by Crippen LogP contribution is -2.45. The smallest absolute Gasteiger partial charge is 0.305 e. The zero-order valence-electron chi connectivity index (χ0n) is 34.0. The molecule has 0 bridgehead atoms. The molecule has 0 saturated heterocycles. The number of nitrogens with zero attached hydrogens (tertiary/aromatic N) is 2. The molecule has 0 aliphatic heterocycles. The van der Waals surface area contributed by atoms with Crippen LogP contribution in [-0.4, -0.2) is 80.7 Å². The maximum Gasteiger partial charge on any atom is 0.305 e. The second-order valence-corrected chi connectivity index (χ2v) is 14.9. The van der Waals surface area contributed by atoms with Crippen LogP contribution in [0.25, 0.3) is 0 Å². The van der Waals surface area contributed by atoms with E-state index < -0.39 is 6.23 Å². The summed E-state index contributed by atoms with van der Waals surface area (Å²) in [5.41, 5.74) is 0. The summed E-state index contributed by atoms with van der Waals surface area (Å²) in [4.78, 5) is 16.2. The first-order chi connectivity index (χ1) is 24.5. The zero-order chi connectivity index (χ0) is 36.6. The Morgan fingerprint density at radius 2 is 0.940 bits per heavy atom. The van der Waals surface area contributed by atoms with Crippen molar-refractivity contribution in [2.24, 2.45) is 0 Å². The molecule has 0 fully saturated rings. The summed E-state index contributed by atoms with van der Waals surface area (Å²) in [5.74, 6) is -0.124. The number of hydrogen-bond acceptors (Lipinski definition) is 6. The summed E-state index contributed by atoms with van der Waals surface area (Å²) in [6.45, 7) is 7.90. The van der Waals surface area contributed by atoms with Gasteiger partial charge in [0.25, 0.3) is 0 Å². The van der Waals surface area contributed by atoms with E-state index in [1.54, 1.807) is 0 Å². The number of hydrogen-bond donors (Lipinski definition) is 1. The standard InChI is InChI=1S/C44H86N2O4/c1-5-7-9-11-13-15-17-19-21-23-25-27-29-31-33-35-39-49-40-37-46(43(47)42-45(3)4)38-41-50-44(48)36-34-32-30-28-26-24-22-20-18-16-14-12-10-8-6-2/h19-22,43,47H,5-18,23-42H2,1-4H3/b21-19-,22-20-. The van der Waals surface area contributed by atoms with Crippen LogP contribution in [0.3, 0.4) is 0 Å². The summed E-state index contributed by atoms with van der Waals surface area (Å²) < 4.78 is 11.4. The fourth-order valence-electron chi connectivity index (χ4n) is 6.28. The SMILES string of the molecule is CCCCCCCC/C=C\CCCCCCCCOCCN(CCOC(=O)CCCCCCC/C=C\CCCCCCCC)C(O)CN(C)C. The molecule has 0 radical (unpaired) electrons. The summed E-state index contributed by atoms with van der Waals surface area (Å²) in [6.07, 6.45) is 43.9.